The van der Waals surface area contributed by atoms with Crippen LogP contribution < -0.4 is 11.1 Å². The van der Waals surface area contributed by atoms with Crippen molar-refractivity contribution in [3.8, 4) is 0 Å². The third kappa shape index (κ3) is 6.85. The summed E-state index contributed by atoms with van der Waals surface area (Å²) in [6, 6.07) is -1.08. The highest BCUT2D eigenvalue weighted by Gasteiger charge is 2.27. The Morgan fingerprint density at radius 1 is 1.28 bits per heavy atom. The molecule has 3 N–H and O–H groups in total. The Bertz CT molecular complexity index is 322. The Morgan fingerprint density at radius 3 is 2.22 bits per heavy atom. The van der Waals surface area contributed by atoms with Gasteiger partial charge < -0.3 is 20.5 Å². The lowest BCUT2D eigenvalue weighted by atomic mass is 10.1. The van der Waals surface area contributed by atoms with Gasteiger partial charge in [-0.3, -0.25) is 9.59 Å². The van der Waals surface area contributed by atoms with Crippen LogP contribution in [-0.2, 0) is 23.9 Å². The predicted octanol–water partition coefficient (Wildman–Crippen LogP) is -0.665. The van der Waals surface area contributed by atoms with E-state index in [4.69, 9.17) is 10.5 Å². The Balaban J connectivity index is 4.55. The van der Waals surface area contributed by atoms with Crippen molar-refractivity contribution in [1.82, 2.24) is 5.32 Å². The van der Waals surface area contributed by atoms with Crippen LogP contribution in [0.3, 0.4) is 0 Å². The van der Waals surface area contributed by atoms with Crippen LogP contribution in [0.15, 0.2) is 0 Å². The van der Waals surface area contributed by atoms with Gasteiger partial charge in [0.15, 0.2) is 0 Å². The van der Waals surface area contributed by atoms with Gasteiger partial charge in [0.1, 0.15) is 11.6 Å². The molecule has 0 aromatic heterocycles. The largest absolute Gasteiger partial charge is 0.467 e. The molecule has 0 saturated carbocycles. The van der Waals surface area contributed by atoms with Gasteiger partial charge in [-0.15, -0.1) is 0 Å². The molecule has 104 valence electrons. The quantitative estimate of drug-likeness (QED) is 0.635. The lowest BCUT2D eigenvalue weighted by Crippen LogP contribution is -2.46. The van der Waals surface area contributed by atoms with Gasteiger partial charge in [0.25, 0.3) is 0 Å². The minimum Gasteiger partial charge on any atom is -0.467 e. The van der Waals surface area contributed by atoms with Gasteiger partial charge >= 0.3 is 11.9 Å². The van der Waals surface area contributed by atoms with E-state index in [2.05, 4.69) is 10.1 Å². The van der Waals surface area contributed by atoms with E-state index in [1.807, 2.05) is 0 Å². The van der Waals surface area contributed by atoms with Crippen LogP contribution in [0.25, 0.3) is 0 Å². The summed E-state index contributed by atoms with van der Waals surface area (Å²) in [7, 11) is 1.17. The first-order valence-electron chi connectivity index (χ1n) is 5.48. The molecule has 1 amide bonds. The van der Waals surface area contributed by atoms with Gasteiger partial charge in [-0.2, -0.15) is 0 Å². The number of methoxy groups -OCH3 is 1. The zero-order valence-electron chi connectivity index (χ0n) is 11.1. The maximum Gasteiger partial charge on any atom is 0.328 e. The number of ether oxygens (including phenoxy) is 2. The molecule has 0 aliphatic carbocycles. The van der Waals surface area contributed by atoms with E-state index in [0.29, 0.717) is 0 Å². The maximum absolute atomic E-state index is 11.5. The van der Waals surface area contributed by atoms with E-state index in [9.17, 15) is 14.4 Å². The van der Waals surface area contributed by atoms with Crippen molar-refractivity contribution in [2.75, 3.05) is 13.7 Å². The number of amides is 1. The zero-order chi connectivity index (χ0) is 14.3. The summed E-state index contributed by atoms with van der Waals surface area (Å²) >= 11 is 0. The lowest BCUT2D eigenvalue weighted by molar-refractivity contribution is -0.159. The Kier molecular flexibility index (Phi) is 6.32. The summed E-state index contributed by atoms with van der Waals surface area (Å²) in [5, 5.41) is 2.29. The molecule has 0 aliphatic rings. The highest BCUT2D eigenvalue weighted by Crippen LogP contribution is 2.09. The summed E-state index contributed by atoms with van der Waals surface area (Å²) in [5.41, 5.74) is 4.46. The summed E-state index contributed by atoms with van der Waals surface area (Å²) in [6.07, 6.45) is -0.296. The van der Waals surface area contributed by atoms with Crippen molar-refractivity contribution in [3.63, 3.8) is 0 Å². The molecule has 0 bridgehead atoms. The summed E-state index contributed by atoms with van der Waals surface area (Å²) < 4.78 is 9.54. The number of nitrogens with two attached hydrogens (primary N) is 1. The second-order valence-electron chi connectivity index (χ2n) is 4.64. The van der Waals surface area contributed by atoms with Gasteiger partial charge in [0.2, 0.25) is 5.91 Å². The zero-order valence-corrected chi connectivity index (χ0v) is 11.1. The van der Waals surface area contributed by atoms with Gasteiger partial charge in [0, 0.05) is 0 Å². The van der Waals surface area contributed by atoms with Crippen molar-refractivity contribution in [3.05, 3.63) is 0 Å². The Hall–Kier alpha value is -1.63. The first-order chi connectivity index (χ1) is 8.19. The van der Waals surface area contributed by atoms with Crippen molar-refractivity contribution in [2.24, 2.45) is 5.73 Å². The molecule has 0 spiro atoms. The van der Waals surface area contributed by atoms with Crippen molar-refractivity contribution >= 4 is 17.8 Å². The van der Waals surface area contributed by atoms with E-state index < -0.39 is 29.5 Å². The molecule has 0 heterocycles. The van der Waals surface area contributed by atoms with Crippen molar-refractivity contribution in [2.45, 2.75) is 38.8 Å². The van der Waals surface area contributed by atoms with Crippen LogP contribution in [0.1, 0.15) is 27.2 Å². The number of nitrogens with one attached hydrogen (secondary N) is 1. The fraction of sp³-hybridized carbons (Fsp3) is 0.727. The number of carbonyl (C=O) groups is 3. The number of hydrogen-bond donors (Lipinski definition) is 2. The van der Waals surface area contributed by atoms with Gasteiger partial charge in [-0.05, 0) is 20.8 Å². The molecule has 0 radical (unpaired) electrons. The molecular formula is C11H20N2O5. The summed E-state index contributed by atoms with van der Waals surface area (Å²) in [4.78, 5) is 34.0. The molecule has 0 saturated heterocycles. The van der Waals surface area contributed by atoms with Crippen LogP contribution >= 0.6 is 0 Å². The topological polar surface area (TPSA) is 108 Å². The third-order valence-corrected chi connectivity index (χ3v) is 1.80. The molecule has 0 rings (SSSR count). The van der Waals surface area contributed by atoms with Crippen molar-refractivity contribution < 1.29 is 23.9 Å². The third-order valence-electron chi connectivity index (χ3n) is 1.80. The molecule has 0 aromatic rings. The second kappa shape index (κ2) is 6.95. The van der Waals surface area contributed by atoms with Gasteiger partial charge in [0.05, 0.1) is 20.1 Å². The minimum absolute atomic E-state index is 0.276. The Morgan fingerprint density at radius 2 is 1.83 bits per heavy atom. The second-order valence-corrected chi connectivity index (χ2v) is 4.64. The van der Waals surface area contributed by atoms with Crippen LogP contribution in [0, 0.1) is 0 Å². The van der Waals surface area contributed by atoms with E-state index in [1.54, 1.807) is 20.8 Å². The standard InChI is InChI=1S/C11H20N2O5/c1-11(2,3)18-9(15)5-7(10(16)17-4)13-8(14)6-12/h7H,5-6,12H2,1-4H3,(H,13,14)/t7-/m0/s1. The SMILES string of the molecule is COC(=O)[C@H](CC(=O)OC(C)(C)C)NC(=O)CN. The molecule has 1 atom stereocenters. The number of esters is 2. The van der Waals surface area contributed by atoms with Crippen LogP contribution in [-0.4, -0.2) is 43.1 Å². The van der Waals surface area contributed by atoms with E-state index in [1.165, 1.54) is 7.11 Å². The van der Waals surface area contributed by atoms with Crippen molar-refractivity contribution in [1.29, 1.82) is 0 Å². The first kappa shape index (κ1) is 16.4. The minimum atomic E-state index is -1.08. The maximum atomic E-state index is 11.5. The van der Waals surface area contributed by atoms with E-state index in [0.717, 1.165) is 0 Å². The molecular weight excluding hydrogens is 240 g/mol. The average molecular weight is 260 g/mol. The monoisotopic (exact) mass is 260 g/mol. The smallest absolute Gasteiger partial charge is 0.328 e. The molecule has 18 heavy (non-hydrogen) atoms. The molecule has 0 aliphatic heterocycles. The van der Waals surface area contributed by atoms with Gasteiger partial charge in [-0.25, -0.2) is 4.79 Å². The van der Waals surface area contributed by atoms with E-state index >= 15 is 0 Å². The normalized spacial score (nSPS) is 12.5. The first-order valence-corrected chi connectivity index (χ1v) is 5.48. The number of rotatable bonds is 5. The summed E-state index contributed by atoms with van der Waals surface area (Å²) in [5.74, 6) is -1.87. The number of hydrogen-bond acceptors (Lipinski definition) is 6. The van der Waals surface area contributed by atoms with Crippen LogP contribution in [0.2, 0.25) is 0 Å². The highest BCUT2D eigenvalue weighted by molar-refractivity contribution is 5.88. The van der Waals surface area contributed by atoms with Crippen LogP contribution in [0.5, 0.6) is 0 Å². The fourth-order valence-electron chi connectivity index (χ4n) is 1.14. The van der Waals surface area contributed by atoms with E-state index in [-0.39, 0.29) is 13.0 Å². The Labute approximate surface area is 106 Å². The summed E-state index contributed by atoms with van der Waals surface area (Å²) in [6.45, 7) is 4.84. The molecule has 0 fully saturated rings. The molecule has 7 nitrogen and oxygen atoms in total. The van der Waals surface area contributed by atoms with Gasteiger partial charge in [-0.1, -0.05) is 0 Å². The average Bonchev–Trinajstić information content (AvgIpc) is 2.24. The number of carbonyl (C=O) groups excluding carboxylic acids is 3. The molecule has 7 heteroatoms. The van der Waals surface area contributed by atoms with Crippen LogP contribution in [0.4, 0.5) is 0 Å². The molecule has 0 aromatic carbocycles. The lowest BCUT2D eigenvalue weighted by Gasteiger charge is -2.21. The molecule has 0 unspecified atom stereocenters. The highest BCUT2D eigenvalue weighted by atomic mass is 16.6. The predicted molar refractivity (Wildman–Crippen MR) is 63.5 cm³/mol. The fourth-order valence-corrected chi connectivity index (χ4v) is 1.14.